The van der Waals surface area contributed by atoms with E-state index in [2.05, 4.69) is 26.2 Å². The van der Waals surface area contributed by atoms with Crippen molar-refractivity contribution in [1.29, 1.82) is 0 Å². The van der Waals surface area contributed by atoms with E-state index in [4.69, 9.17) is 5.11 Å². The zero-order chi connectivity index (χ0) is 11.0. The van der Waals surface area contributed by atoms with E-state index in [0.29, 0.717) is 5.92 Å². The van der Waals surface area contributed by atoms with Crippen LogP contribution in [0.3, 0.4) is 0 Å². The first-order valence-corrected chi connectivity index (χ1v) is 6.33. The Kier molecular flexibility index (Phi) is 2.49. The highest BCUT2D eigenvalue weighted by molar-refractivity contribution is 7.13. The lowest BCUT2D eigenvalue weighted by Gasteiger charge is -2.21. The third-order valence-electron chi connectivity index (χ3n) is 3.06. The average Bonchev–Trinajstić information content (AvgIpc) is 2.96. The first kappa shape index (κ1) is 9.99. The summed E-state index contributed by atoms with van der Waals surface area (Å²) in [5.74, 6) is 2.34. The number of hydrogen-bond acceptors (Lipinski definition) is 4. The minimum atomic E-state index is 0.251. The second kappa shape index (κ2) is 3.99. The highest BCUT2D eigenvalue weighted by atomic mass is 32.1. The van der Waals surface area contributed by atoms with E-state index in [1.54, 1.807) is 11.3 Å². The van der Waals surface area contributed by atoms with E-state index in [9.17, 15) is 0 Å². The fourth-order valence-corrected chi connectivity index (χ4v) is 2.85. The number of fused-ring (bicyclic) bond motifs is 1. The van der Waals surface area contributed by atoms with Crippen LogP contribution in [0.2, 0.25) is 0 Å². The van der Waals surface area contributed by atoms with E-state index < -0.39 is 0 Å². The molecule has 16 heavy (non-hydrogen) atoms. The van der Waals surface area contributed by atoms with Gasteiger partial charge < -0.3 is 9.67 Å². The van der Waals surface area contributed by atoms with Gasteiger partial charge in [0.1, 0.15) is 5.82 Å². The fourth-order valence-electron chi connectivity index (χ4n) is 2.14. The van der Waals surface area contributed by atoms with Crippen LogP contribution in [-0.4, -0.2) is 26.5 Å². The van der Waals surface area contributed by atoms with Gasteiger partial charge in [0.25, 0.3) is 0 Å². The van der Waals surface area contributed by atoms with E-state index in [0.717, 1.165) is 31.0 Å². The van der Waals surface area contributed by atoms with Crippen molar-refractivity contribution in [3.63, 3.8) is 0 Å². The van der Waals surface area contributed by atoms with Gasteiger partial charge in [-0.1, -0.05) is 6.07 Å². The maximum atomic E-state index is 9.15. The highest BCUT2D eigenvalue weighted by Gasteiger charge is 2.23. The summed E-state index contributed by atoms with van der Waals surface area (Å²) >= 11 is 1.69. The molecule has 1 aliphatic rings. The maximum absolute atomic E-state index is 9.15. The van der Waals surface area contributed by atoms with Crippen molar-refractivity contribution in [2.45, 2.75) is 19.4 Å². The Labute approximate surface area is 97.6 Å². The number of thiophene rings is 1. The molecule has 0 aromatic carbocycles. The normalized spacial score (nSPS) is 19.7. The Morgan fingerprint density at radius 2 is 2.44 bits per heavy atom. The second-order valence-electron chi connectivity index (χ2n) is 4.11. The van der Waals surface area contributed by atoms with Gasteiger partial charge in [-0.05, 0) is 23.8 Å². The quantitative estimate of drug-likeness (QED) is 0.859. The molecule has 5 heteroatoms. The van der Waals surface area contributed by atoms with Crippen LogP contribution in [-0.2, 0) is 13.0 Å². The molecule has 1 atom stereocenters. The minimum absolute atomic E-state index is 0.251. The van der Waals surface area contributed by atoms with Crippen molar-refractivity contribution < 1.29 is 5.11 Å². The number of aliphatic hydroxyl groups is 1. The molecule has 0 radical (unpaired) electrons. The van der Waals surface area contributed by atoms with Gasteiger partial charge in [0, 0.05) is 19.6 Å². The predicted molar refractivity (Wildman–Crippen MR) is 62.2 cm³/mol. The average molecular weight is 235 g/mol. The molecular weight excluding hydrogens is 222 g/mol. The van der Waals surface area contributed by atoms with Gasteiger partial charge in [-0.3, -0.25) is 0 Å². The van der Waals surface area contributed by atoms with Crippen LogP contribution in [0.15, 0.2) is 17.5 Å². The summed E-state index contributed by atoms with van der Waals surface area (Å²) in [4.78, 5) is 1.17. The van der Waals surface area contributed by atoms with Gasteiger partial charge in [0.05, 0.1) is 4.88 Å². The molecule has 1 N–H and O–H groups in total. The largest absolute Gasteiger partial charge is 0.396 e. The maximum Gasteiger partial charge on any atom is 0.174 e. The lowest BCUT2D eigenvalue weighted by Crippen LogP contribution is -2.22. The molecule has 0 saturated carbocycles. The van der Waals surface area contributed by atoms with Crippen molar-refractivity contribution in [1.82, 2.24) is 14.8 Å². The highest BCUT2D eigenvalue weighted by Crippen LogP contribution is 2.27. The first-order valence-electron chi connectivity index (χ1n) is 5.45. The zero-order valence-corrected chi connectivity index (χ0v) is 9.65. The number of aliphatic hydroxyl groups excluding tert-OH is 1. The lowest BCUT2D eigenvalue weighted by atomic mass is 9.99. The molecule has 2 aromatic rings. The van der Waals surface area contributed by atoms with E-state index in [-0.39, 0.29) is 6.61 Å². The molecule has 84 valence electrons. The van der Waals surface area contributed by atoms with Crippen LogP contribution in [0, 0.1) is 5.92 Å². The van der Waals surface area contributed by atoms with E-state index in [1.807, 2.05) is 6.07 Å². The van der Waals surface area contributed by atoms with Crippen molar-refractivity contribution in [3.05, 3.63) is 23.3 Å². The topological polar surface area (TPSA) is 50.9 Å². The first-order chi connectivity index (χ1) is 7.88. The number of rotatable bonds is 2. The van der Waals surface area contributed by atoms with E-state index in [1.165, 1.54) is 4.88 Å². The fraction of sp³-hybridized carbons (Fsp3) is 0.455. The van der Waals surface area contributed by atoms with Crippen LogP contribution in [0.25, 0.3) is 10.7 Å². The van der Waals surface area contributed by atoms with Gasteiger partial charge in [0.15, 0.2) is 5.82 Å². The third kappa shape index (κ3) is 1.56. The molecule has 0 bridgehead atoms. The van der Waals surface area contributed by atoms with Crippen LogP contribution >= 0.6 is 11.3 Å². The van der Waals surface area contributed by atoms with Gasteiger partial charge in [-0.15, -0.1) is 21.5 Å². The Hall–Kier alpha value is -1.20. The number of nitrogens with zero attached hydrogens (tertiary/aromatic N) is 3. The molecule has 3 heterocycles. The Bertz CT molecular complexity index is 477. The van der Waals surface area contributed by atoms with Crippen molar-refractivity contribution in [2.75, 3.05) is 6.61 Å². The van der Waals surface area contributed by atoms with Gasteiger partial charge in [-0.2, -0.15) is 0 Å². The Morgan fingerprint density at radius 3 is 3.19 bits per heavy atom. The molecule has 0 saturated heterocycles. The lowest BCUT2D eigenvalue weighted by molar-refractivity contribution is 0.199. The number of hydrogen-bond donors (Lipinski definition) is 1. The summed E-state index contributed by atoms with van der Waals surface area (Å²) in [5, 5.41) is 19.7. The molecule has 2 aromatic heterocycles. The summed E-state index contributed by atoms with van der Waals surface area (Å²) < 4.78 is 2.18. The summed E-state index contributed by atoms with van der Waals surface area (Å²) in [6.07, 6.45) is 1.86. The van der Waals surface area contributed by atoms with Crippen molar-refractivity contribution >= 4 is 11.3 Å². The monoisotopic (exact) mass is 235 g/mol. The van der Waals surface area contributed by atoms with Crippen molar-refractivity contribution in [3.8, 4) is 10.7 Å². The van der Waals surface area contributed by atoms with Crippen LogP contribution in [0.4, 0.5) is 0 Å². The second-order valence-corrected chi connectivity index (χ2v) is 5.06. The SMILES string of the molecule is OCC1CCn2c(nnc2-c2cccs2)C1. The Balaban J connectivity index is 1.97. The van der Waals surface area contributed by atoms with Gasteiger partial charge in [0.2, 0.25) is 0 Å². The molecule has 0 fully saturated rings. The van der Waals surface area contributed by atoms with Gasteiger partial charge in [-0.25, -0.2) is 0 Å². The molecule has 0 aliphatic carbocycles. The summed E-state index contributed by atoms with van der Waals surface area (Å²) in [6.45, 7) is 1.17. The summed E-state index contributed by atoms with van der Waals surface area (Å²) in [5.41, 5.74) is 0. The molecule has 1 unspecified atom stereocenters. The van der Waals surface area contributed by atoms with Crippen molar-refractivity contribution in [2.24, 2.45) is 5.92 Å². The van der Waals surface area contributed by atoms with E-state index >= 15 is 0 Å². The van der Waals surface area contributed by atoms with Crippen LogP contribution < -0.4 is 0 Å². The molecule has 1 aliphatic heterocycles. The molecule has 4 nitrogen and oxygen atoms in total. The summed E-state index contributed by atoms with van der Waals surface area (Å²) in [7, 11) is 0. The molecule has 3 rings (SSSR count). The number of aromatic nitrogens is 3. The standard InChI is InChI=1S/C11H13N3OS/c15-7-8-3-4-14-10(6-8)12-13-11(14)9-2-1-5-16-9/h1-2,5,8,15H,3-4,6-7H2. The van der Waals surface area contributed by atoms with Gasteiger partial charge >= 0.3 is 0 Å². The van der Waals surface area contributed by atoms with Crippen LogP contribution in [0.5, 0.6) is 0 Å². The Morgan fingerprint density at radius 1 is 1.50 bits per heavy atom. The summed E-state index contributed by atoms with van der Waals surface area (Å²) in [6, 6.07) is 4.10. The molecule has 0 amide bonds. The van der Waals surface area contributed by atoms with Crippen LogP contribution in [0.1, 0.15) is 12.2 Å². The minimum Gasteiger partial charge on any atom is -0.396 e. The molecular formula is C11H13N3OS. The predicted octanol–water partition coefficient (Wildman–Crippen LogP) is 1.56. The zero-order valence-electron chi connectivity index (χ0n) is 8.83. The smallest absolute Gasteiger partial charge is 0.174 e. The molecule has 0 spiro atoms. The third-order valence-corrected chi connectivity index (χ3v) is 3.93.